The van der Waals surface area contributed by atoms with E-state index in [1.807, 2.05) is 30.3 Å². The number of urea groups is 1. The molecule has 0 aromatic heterocycles. The molecule has 1 saturated heterocycles. The Balaban J connectivity index is 1.51. The van der Waals surface area contributed by atoms with Crippen LogP contribution in [0.5, 0.6) is 5.75 Å². The fraction of sp³-hybridized carbons (Fsp3) is 0.222. The molecule has 1 atom stereocenters. The second-order valence-electron chi connectivity index (χ2n) is 5.55. The van der Waals surface area contributed by atoms with Gasteiger partial charge in [-0.05, 0) is 36.2 Å². The summed E-state index contributed by atoms with van der Waals surface area (Å²) in [6.45, 7) is 0.736. The molecular weight excluding hydrogens is 306 g/mol. The van der Waals surface area contributed by atoms with Gasteiger partial charge in [-0.1, -0.05) is 30.3 Å². The lowest BCUT2D eigenvalue weighted by Crippen LogP contribution is -2.32. The molecule has 3 amide bonds. The quantitative estimate of drug-likeness (QED) is 0.485. The summed E-state index contributed by atoms with van der Waals surface area (Å²) >= 11 is 0. The Kier molecular flexibility index (Phi) is 4.65. The van der Waals surface area contributed by atoms with Crippen molar-refractivity contribution < 1.29 is 14.3 Å². The highest BCUT2D eigenvalue weighted by atomic mass is 16.5. The van der Waals surface area contributed by atoms with Crippen LogP contribution in [-0.2, 0) is 4.79 Å². The smallest absolute Gasteiger partial charge is 0.325 e. The van der Waals surface area contributed by atoms with Crippen molar-refractivity contribution in [3.8, 4) is 5.75 Å². The monoisotopic (exact) mass is 325 g/mol. The normalized spacial score (nSPS) is 17.0. The number of carbonyl (C=O) groups is 2. The SMILES string of the molecule is Nc1ccc(OCCCN2C(=O)NC(c3ccccc3)C2=O)cc1. The predicted octanol–water partition coefficient (Wildman–Crippen LogP) is 2.33. The van der Waals surface area contributed by atoms with Crippen molar-refractivity contribution in [2.24, 2.45) is 0 Å². The first-order valence-electron chi connectivity index (χ1n) is 7.80. The zero-order valence-electron chi connectivity index (χ0n) is 13.1. The first kappa shape index (κ1) is 15.9. The fourth-order valence-electron chi connectivity index (χ4n) is 2.58. The maximum atomic E-state index is 12.4. The van der Waals surface area contributed by atoms with Gasteiger partial charge in [0.1, 0.15) is 11.8 Å². The summed E-state index contributed by atoms with van der Waals surface area (Å²) in [5, 5.41) is 2.72. The molecule has 2 aromatic rings. The van der Waals surface area contributed by atoms with E-state index in [1.165, 1.54) is 4.90 Å². The van der Waals surface area contributed by atoms with Crippen molar-refractivity contribution >= 4 is 17.6 Å². The largest absolute Gasteiger partial charge is 0.494 e. The van der Waals surface area contributed by atoms with E-state index < -0.39 is 6.04 Å². The number of amides is 3. The molecule has 0 saturated carbocycles. The van der Waals surface area contributed by atoms with Gasteiger partial charge >= 0.3 is 6.03 Å². The number of nitrogens with one attached hydrogen (secondary N) is 1. The second kappa shape index (κ2) is 7.04. The van der Waals surface area contributed by atoms with Crippen molar-refractivity contribution in [3.63, 3.8) is 0 Å². The van der Waals surface area contributed by atoms with Gasteiger partial charge in [0.2, 0.25) is 0 Å². The molecule has 2 aromatic carbocycles. The molecule has 124 valence electrons. The molecule has 1 unspecified atom stereocenters. The number of anilines is 1. The van der Waals surface area contributed by atoms with Crippen LogP contribution < -0.4 is 15.8 Å². The molecule has 0 bridgehead atoms. The fourth-order valence-corrected chi connectivity index (χ4v) is 2.58. The van der Waals surface area contributed by atoms with Crippen LogP contribution in [0.4, 0.5) is 10.5 Å². The summed E-state index contributed by atoms with van der Waals surface area (Å²) in [7, 11) is 0. The summed E-state index contributed by atoms with van der Waals surface area (Å²) in [4.78, 5) is 25.7. The van der Waals surface area contributed by atoms with Gasteiger partial charge in [0.25, 0.3) is 5.91 Å². The first-order chi connectivity index (χ1) is 11.6. The molecule has 3 rings (SSSR count). The van der Waals surface area contributed by atoms with Gasteiger partial charge in [0.05, 0.1) is 6.61 Å². The van der Waals surface area contributed by atoms with Gasteiger partial charge in [-0.2, -0.15) is 0 Å². The number of nitrogen functional groups attached to an aromatic ring is 1. The standard InChI is InChI=1S/C18H19N3O3/c19-14-7-9-15(10-8-14)24-12-4-11-21-17(22)16(20-18(21)23)13-5-2-1-3-6-13/h1-3,5-10,16H,4,11-12,19H2,(H,20,23). The van der Waals surface area contributed by atoms with E-state index in [-0.39, 0.29) is 11.9 Å². The summed E-state index contributed by atoms with van der Waals surface area (Å²) in [5.74, 6) is 0.488. The summed E-state index contributed by atoms with van der Waals surface area (Å²) in [6, 6.07) is 15.4. The number of nitrogens with two attached hydrogens (primary N) is 1. The van der Waals surface area contributed by atoms with E-state index in [4.69, 9.17) is 10.5 Å². The number of ether oxygens (including phenoxy) is 1. The average Bonchev–Trinajstić information content (AvgIpc) is 2.89. The van der Waals surface area contributed by atoms with E-state index in [0.29, 0.717) is 31.0 Å². The Morgan fingerprint density at radius 3 is 2.46 bits per heavy atom. The Hall–Kier alpha value is -3.02. The minimum Gasteiger partial charge on any atom is -0.494 e. The van der Waals surface area contributed by atoms with Crippen LogP contribution in [0.2, 0.25) is 0 Å². The second-order valence-corrected chi connectivity index (χ2v) is 5.55. The maximum Gasteiger partial charge on any atom is 0.325 e. The van der Waals surface area contributed by atoms with E-state index >= 15 is 0 Å². The Morgan fingerprint density at radius 2 is 1.75 bits per heavy atom. The number of carbonyl (C=O) groups excluding carboxylic acids is 2. The third-order valence-electron chi connectivity index (χ3n) is 3.83. The van der Waals surface area contributed by atoms with E-state index in [0.717, 1.165) is 5.56 Å². The molecule has 0 aliphatic carbocycles. The zero-order valence-corrected chi connectivity index (χ0v) is 13.1. The van der Waals surface area contributed by atoms with Gasteiger partial charge < -0.3 is 15.8 Å². The van der Waals surface area contributed by atoms with Crippen LogP contribution in [0.25, 0.3) is 0 Å². The first-order valence-corrected chi connectivity index (χ1v) is 7.80. The number of hydrogen-bond acceptors (Lipinski definition) is 4. The van der Waals surface area contributed by atoms with Gasteiger partial charge in [-0.15, -0.1) is 0 Å². The lowest BCUT2D eigenvalue weighted by Gasteiger charge is -2.13. The van der Waals surface area contributed by atoms with Gasteiger partial charge in [0, 0.05) is 12.2 Å². The lowest BCUT2D eigenvalue weighted by atomic mass is 10.1. The Labute approximate surface area is 140 Å². The minimum absolute atomic E-state index is 0.223. The molecule has 1 fully saturated rings. The van der Waals surface area contributed by atoms with Crippen LogP contribution >= 0.6 is 0 Å². The summed E-state index contributed by atoms with van der Waals surface area (Å²) in [5.41, 5.74) is 7.07. The van der Waals surface area contributed by atoms with Crippen LogP contribution in [-0.4, -0.2) is 30.0 Å². The van der Waals surface area contributed by atoms with Gasteiger partial charge in [-0.25, -0.2) is 4.79 Å². The Morgan fingerprint density at radius 1 is 1.04 bits per heavy atom. The highest BCUT2D eigenvalue weighted by Crippen LogP contribution is 2.21. The van der Waals surface area contributed by atoms with Crippen molar-refractivity contribution in [2.45, 2.75) is 12.5 Å². The molecule has 1 heterocycles. The highest BCUT2D eigenvalue weighted by molar-refractivity contribution is 6.04. The molecule has 24 heavy (non-hydrogen) atoms. The summed E-state index contributed by atoms with van der Waals surface area (Å²) < 4.78 is 5.58. The van der Waals surface area contributed by atoms with Crippen molar-refractivity contribution in [2.75, 3.05) is 18.9 Å². The molecular formula is C18H19N3O3. The molecule has 0 radical (unpaired) electrons. The van der Waals surface area contributed by atoms with Crippen LogP contribution in [0.15, 0.2) is 54.6 Å². The third-order valence-corrected chi connectivity index (χ3v) is 3.83. The van der Waals surface area contributed by atoms with Crippen molar-refractivity contribution in [3.05, 3.63) is 60.2 Å². The topological polar surface area (TPSA) is 84.7 Å². The molecule has 3 N–H and O–H groups in total. The molecule has 1 aliphatic heterocycles. The molecule has 6 nitrogen and oxygen atoms in total. The summed E-state index contributed by atoms with van der Waals surface area (Å²) in [6.07, 6.45) is 0.561. The zero-order chi connectivity index (χ0) is 16.9. The number of hydrogen-bond donors (Lipinski definition) is 2. The molecule has 0 spiro atoms. The predicted molar refractivity (Wildman–Crippen MR) is 90.4 cm³/mol. The van der Waals surface area contributed by atoms with E-state index in [9.17, 15) is 9.59 Å². The van der Waals surface area contributed by atoms with Gasteiger partial charge in [0.15, 0.2) is 0 Å². The van der Waals surface area contributed by atoms with E-state index in [1.54, 1.807) is 24.3 Å². The number of benzene rings is 2. The minimum atomic E-state index is -0.600. The van der Waals surface area contributed by atoms with Crippen molar-refractivity contribution in [1.29, 1.82) is 0 Å². The van der Waals surface area contributed by atoms with Gasteiger partial charge in [-0.3, -0.25) is 9.69 Å². The third kappa shape index (κ3) is 3.48. The van der Waals surface area contributed by atoms with Crippen LogP contribution in [0, 0.1) is 0 Å². The Bertz CT molecular complexity index is 716. The van der Waals surface area contributed by atoms with Crippen LogP contribution in [0.3, 0.4) is 0 Å². The highest BCUT2D eigenvalue weighted by Gasteiger charge is 2.38. The van der Waals surface area contributed by atoms with E-state index in [2.05, 4.69) is 5.32 Å². The maximum absolute atomic E-state index is 12.4. The number of imide groups is 1. The molecule has 1 aliphatic rings. The lowest BCUT2D eigenvalue weighted by molar-refractivity contribution is -0.127. The average molecular weight is 325 g/mol. The number of rotatable bonds is 6. The molecule has 6 heteroatoms. The number of nitrogens with zero attached hydrogens (tertiary/aromatic N) is 1. The van der Waals surface area contributed by atoms with Crippen LogP contribution in [0.1, 0.15) is 18.0 Å². The van der Waals surface area contributed by atoms with Crippen molar-refractivity contribution in [1.82, 2.24) is 10.2 Å².